The molecule has 1 fully saturated rings. The minimum atomic E-state index is 0. The lowest BCUT2D eigenvalue weighted by molar-refractivity contribution is 0.265. The average molecular weight is 506 g/mol. The van der Waals surface area contributed by atoms with Crippen LogP contribution in [0.5, 0.6) is 17.2 Å². The smallest absolute Gasteiger partial charge is 0.191 e. The molecule has 8 heteroatoms. The van der Waals surface area contributed by atoms with Gasteiger partial charge < -0.3 is 24.8 Å². The van der Waals surface area contributed by atoms with Crippen LogP contribution >= 0.6 is 24.0 Å². The number of likely N-dealkylation sites (tertiary alicyclic amines) is 1. The molecule has 0 spiro atoms. The molecule has 0 radical (unpaired) electrons. The van der Waals surface area contributed by atoms with Gasteiger partial charge in [0.2, 0.25) is 0 Å². The second-order valence-corrected chi connectivity index (χ2v) is 7.22. The molecule has 1 aliphatic heterocycles. The van der Waals surface area contributed by atoms with Gasteiger partial charge in [0.15, 0.2) is 17.5 Å². The Morgan fingerprint density at radius 2 is 1.71 bits per heavy atom. The van der Waals surface area contributed by atoms with Crippen molar-refractivity contribution in [3.05, 3.63) is 17.7 Å². The summed E-state index contributed by atoms with van der Waals surface area (Å²) < 4.78 is 16.3. The van der Waals surface area contributed by atoms with E-state index < -0.39 is 0 Å². The molecule has 1 saturated heterocycles. The molecule has 2 rings (SSSR count). The number of guanidine groups is 1. The van der Waals surface area contributed by atoms with Gasteiger partial charge in [-0.3, -0.25) is 9.89 Å². The predicted molar refractivity (Wildman–Crippen MR) is 125 cm³/mol. The summed E-state index contributed by atoms with van der Waals surface area (Å²) in [6.45, 7) is 9.47. The van der Waals surface area contributed by atoms with E-state index in [1.807, 2.05) is 12.1 Å². The Morgan fingerprint density at radius 3 is 2.21 bits per heavy atom. The fourth-order valence-electron chi connectivity index (χ4n) is 3.39. The summed E-state index contributed by atoms with van der Waals surface area (Å²) in [6, 6.07) is 4.71. The van der Waals surface area contributed by atoms with Crippen LogP contribution in [-0.2, 0) is 6.54 Å². The second-order valence-electron chi connectivity index (χ2n) is 7.22. The summed E-state index contributed by atoms with van der Waals surface area (Å²) in [5.74, 6) is 3.43. The molecule has 1 aromatic rings. The van der Waals surface area contributed by atoms with Gasteiger partial charge in [-0.2, -0.15) is 0 Å². The number of rotatable bonds is 7. The normalized spacial score (nSPS) is 19.9. The molecular weight excluding hydrogens is 471 g/mol. The molecule has 0 amide bonds. The zero-order valence-corrected chi connectivity index (χ0v) is 20.4. The lowest BCUT2D eigenvalue weighted by Gasteiger charge is -2.22. The molecule has 7 nitrogen and oxygen atoms in total. The van der Waals surface area contributed by atoms with E-state index in [1.165, 1.54) is 0 Å². The number of benzene rings is 1. The van der Waals surface area contributed by atoms with Gasteiger partial charge in [-0.05, 0) is 25.8 Å². The van der Waals surface area contributed by atoms with Crippen LogP contribution in [0.3, 0.4) is 0 Å². The molecule has 1 aliphatic rings. The maximum absolute atomic E-state index is 5.50. The van der Waals surface area contributed by atoms with E-state index >= 15 is 0 Å². The highest BCUT2D eigenvalue weighted by atomic mass is 127. The van der Waals surface area contributed by atoms with Crippen molar-refractivity contribution in [2.24, 2.45) is 10.9 Å². The monoisotopic (exact) mass is 506 g/mol. The highest BCUT2D eigenvalue weighted by molar-refractivity contribution is 14.0. The number of nitrogens with zero attached hydrogens (tertiary/aromatic N) is 2. The summed E-state index contributed by atoms with van der Waals surface area (Å²) in [6.07, 6.45) is 0. The van der Waals surface area contributed by atoms with E-state index in [0.717, 1.165) is 30.4 Å². The lowest BCUT2D eigenvalue weighted by Crippen LogP contribution is -2.46. The molecule has 0 aromatic heterocycles. The molecule has 0 bridgehead atoms. The number of halogens is 1. The van der Waals surface area contributed by atoms with E-state index in [4.69, 9.17) is 14.2 Å². The average Bonchev–Trinajstić information content (AvgIpc) is 3.04. The van der Waals surface area contributed by atoms with Gasteiger partial charge in [-0.25, -0.2) is 0 Å². The quantitative estimate of drug-likeness (QED) is 0.337. The van der Waals surface area contributed by atoms with Crippen LogP contribution < -0.4 is 24.8 Å². The summed E-state index contributed by atoms with van der Waals surface area (Å²) in [4.78, 5) is 6.87. The van der Waals surface area contributed by atoms with Crippen LogP contribution in [0.25, 0.3) is 0 Å². The van der Waals surface area contributed by atoms with Crippen LogP contribution in [0.15, 0.2) is 17.1 Å². The summed E-state index contributed by atoms with van der Waals surface area (Å²) in [7, 11) is 6.69. The minimum absolute atomic E-state index is 0. The van der Waals surface area contributed by atoms with Gasteiger partial charge >= 0.3 is 0 Å². The highest BCUT2D eigenvalue weighted by Gasteiger charge is 2.31. The van der Waals surface area contributed by atoms with E-state index in [0.29, 0.717) is 36.0 Å². The molecule has 1 heterocycles. The van der Waals surface area contributed by atoms with Crippen molar-refractivity contribution in [1.29, 1.82) is 0 Å². The number of hydrogen-bond acceptors (Lipinski definition) is 5. The van der Waals surface area contributed by atoms with Gasteiger partial charge in [0.25, 0.3) is 0 Å². The standard InChI is InChI=1S/C20H34N4O3.HI/c1-13(2)24-11-14(3)16(12-24)23-20(21-4)22-10-15-8-18(26-6)19(27-7)9-17(15)25-5;/h8-9,13-14,16H,10-12H2,1-7H3,(H2,21,22,23);1H. The fourth-order valence-corrected chi connectivity index (χ4v) is 3.39. The van der Waals surface area contributed by atoms with Gasteiger partial charge in [-0.15, -0.1) is 24.0 Å². The molecule has 2 atom stereocenters. The number of nitrogens with one attached hydrogen (secondary N) is 2. The van der Waals surface area contributed by atoms with Gasteiger partial charge in [0.05, 0.1) is 21.3 Å². The van der Waals surface area contributed by atoms with Crippen molar-refractivity contribution in [2.45, 2.75) is 39.4 Å². The van der Waals surface area contributed by atoms with Crippen LogP contribution in [0.2, 0.25) is 0 Å². The van der Waals surface area contributed by atoms with Crippen molar-refractivity contribution in [3.8, 4) is 17.2 Å². The van der Waals surface area contributed by atoms with Crippen molar-refractivity contribution in [1.82, 2.24) is 15.5 Å². The third-order valence-electron chi connectivity index (χ3n) is 5.15. The Hall–Kier alpha value is -1.42. The second kappa shape index (κ2) is 11.5. The summed E-state index contributed by atoms with van der Waals surface area (Å²) >= 11 is 0. The van der Waals surface area contributed by atoms with Crippen LogP contribution in [0.1, 0.15) is 26.3 Å². The fraction of sp³-hybridized carbons (Fsp3) is 0.650. The van der Waals surface area contributed by atoms with Crippen molar-refractivity contribution in [3.63, 3.8) is 0 Å². The largest absolute Gasteiger partial charge is 0.496 e. The van der Waals surface area contributed by atoms with Crippen LogP contribution in [0.4, 0.5) is 0 Å². The molecule has 0 aliphatic carbocycles. The topological polar surface area (TPSA) is 67.4 Å². The molecule has 28 heavy (non-hydrogen) atoms. The maximum Gasteiger partial charge on any atom is 0.191 e. The Kier molecular flexibility index (Phi) is 10.2. The van der Waals surface area contributed by atoms with Crippen LogP contribution in [-0.4, -0.2) is 64.4 Å². The van der Waals surface area contributed by atoms with E-state index in [9.17, 15) is 0 Å². The van der Waals surface area contributed by atoms with E-state index in [-0.39, 0.29) is 24.0 Å². The van der Waals surface area contributed by atoms with Crippen molar-refractivity contribution in [2.75, 3.05) is 41.5 Å². The van der Waals surface area contributed by atoms with E-state index in [1.54, 1.807) is 28.4 Å². The third-order valence-corrected chi connectivity index (χ3v) is 5.15. The van der Waals surface area contributed by atoms with Crippen molar-refractivity contribution < 1.29 is 14.2 Å². The first kappa shape index (κ1) is 24.6. The zero-order chi connectivity index (χ0) is 20.0. The zero-order valence-electron chi connectivity index (χ0n) is 18.0. The van der Waals surface area contributed by atoms with Crippen molar-refractivity contribution >= 4 is 29.9 Å². The molecule has 2 N–H and O–H groups in total. The Bertz CT molecular complexity index is 655. The maximum atomic E-state index is 5.50. The minimum Gasteiger partial charge on any atom is -0.496 e. The number of ether oxygens (including phenoxy) is 3. The lowest BCUT2D eigenvalue weighted by atomic mass is 10.1. The highest BCUT2D eigenvalue weighted by Crippen LogP contribution is 2.34. The Labute approximate surface area is 186 Å². The number of hydrogen-bond donors (Lipinski definition) is 2. The van der Waals surface area contributed by atoms with Gasteiger partial charge in [0.1, 0.15) is 5.75 Å². The third kappa shape index (κ3) is 6.04. The molecular formula is C20H35IN4O3. The molecule has 0 saturated carbocycles. The van der Waals surface area contributed by atoms with E-state index in [2.05, 4.69) is 41.3 Å². The molecule has 1 aromatic carbocycles. The predicted octanol–water partition coefficient (Wildman–Crippen LogP) is 2.72. The SMILES string of the molecule is CN=C(NCc1cc(OC)c(OC)cc1OC)NC1CN(C(C)C)CC1C.I. The number of methoxy groups -OCH3 is 3. The molecule has 160 valence electrons. The first-order valence-electron chi connectivity index (χ1n) is 9.43. The first-order valence-corrected chi connectivity index (χ1v) is 9.43. The van der Waals surface area contributed by atoms with Gasteiger partial charge in [0, 0.05) is 50.4 Å². The van der Waals surface area contributed by atoms with Crippen LogP contribution in [0, 0.1) is 5.92 Å². The Balaban J connectivity index is 0.00000392. The Morgan fingerprint density at radius 1 is 1.11 bits per heavy atom. The van der Waals surface area contributed by atoms with Gasteiger partial charge in [-0.1, -0.05) is 6.92 Å². The summed E-state index contributed by atoms with van der Waals surface area (Å²) in [5.41, 5.74) is 0.973. The molecule has 2 unspecified atom stereocenters. The number of aliphatic imine (C=N–C) groups is 1. The summed E-state index contributed by atoms with van der Waals surface area (Å²) in [5, 5.41) is 6.94. The first-order chi connectivity index (χ1) is 12.9.